The lowest BCUT2D eigenvalue weighted by Gasteiger charge is -2.40. The van der Waals surface area contributed by atoms with Crippen molar-refractivity contribution in [1.29, 1.82) is 0 Å². The molecule has 1 fully saturated rings. The maximum atomic E-state index is 11.3. The fourth-order valence-corrected chi connectivity index (χ4v) is 2.87. The smallest absolute Gasteiger partial charge is 0.222 e. The highest BCUT2D eigenvalue weighted by Gasteiger charge is 2.35. The van der Waals surface area contributed by atoms with E-state index in [0.29, 0.717) is 11.2 Å². The standard InChI is InChI=1S/C12H24N2OS/c1-14(2)11(15)6-4-9-13-10-12(16-3)7-5-8-12/h13H,4-10H2,1-3H3. The summed E-state index contributed by atoms with van der Waals surface area (Å²) in [5.41, 5.74) is 0. The third kappa shape index (κ3) is 3.98. The van der Waals surface area contributed by atoms with Crippen molar-refractivity contribution in [1.82, 2.24) is 10.2 Å². The van der Waals surface area contributed by atoms with Crippen molar-refractivity contribution in [3.05, 3.63) is 0 Å². The number of rotatable bonds is 7. The molecule has 0 aliphatic heterocycles. The predicted molar refractivity (Wildman–Crippen MR) is 70.9 cm³/mol. The molecular formula is C12H24N2OS. The van der Waals surface area contributed by atoms with Crippen molar-refractivity contribution in [2.75, 3.05) is 33.4 Å². The minimum absolute atomic E-state index is 0.227. The quantitative estimate of drug-likeness (QED) is 0.692. The normalized spacial score (nSPS) is 17.9. The Bertz CT molecular complexity index is 222. The van der Waals surface area contributed by atoms with E-state index in [1.54, 1.807) is 4.90 Å². The Labute approximate surface area is 103 Å². The number of hydrogen-bond acceptors (Lipinski definition) is 3. The lowest BCUT2D eigenvalue weighted by atomic mass is 9.84. The van der Waals surface area contributed by atoms with Crippen LogP contribution < -0.4 is 5.32 Å². The van der Waals surface area contributed by atoms with Gasteiger partial charge in [-0.3, -0.25) is 4.79 Å². The van der Waals surface area contributed by atoms with Gasteiger partial charge in [-0.2, -0.15) is 11.8 Å². The highest BCUT2D eigenvalue weighted by atomic mass is 32.2. The summed E-state index contributed by atoms with van der Waals surface area (Å²) in [6, 6.07) is 0. The van der Waals surface area contributed by atoms with Gasteiger partial charge in [0.05, 0.1) is 0 Å². The second-order valence-electron chi connectivity index (χ2n) is 4.81. The molecule has 0 spiro atoms. The van der Waals surface area contributed by atoms with E-state index in [-0.39, 0.29) is 5.91 Å². The second-order valence-corrected chi connectivity index (χ2v) is 6.08. The van der Waals surface area contributed by atoms with Gasteiger partial charge < -0.3 is 10.2 Å². The predicted octanol–water partition coefficient (Wildman–Crippen LogP) is 1.73. The van der Waals surface area contributed by atoms with Crippen LogP contribution in [-0.2, 0) is 4.79 Å². The molecule has 1 saturated carbocycles. The van der Waals surface area contributed by atoms with Crippen LogP contribution in [0.25, 0.3) is 0 Å². The molecule has 0 aromatic rings. The topological polar surface area (TPSA) is 32.3 Å². The fraction of sp³-hybridized carbons (Fsp3) is 0.917. The molecule has 4 heteroatoms. The van der Waals surface area contributed by atoms with Crippen LogP contribution in [-0.4, -0.2) is 49.0 Å². The van der Waals surface area contributed by atoms with E-state index in [4.69, 9.17) is 0 Å². The summed E-state index contributed by atoms with van der Waals surface area (Å²) >= 11 is 1.99. The zero-order chi connectivity index (χ0) is 12.0. The van der Waals surface area contributed by atoms with E-state index in [1.807, 2.05) is 25.9 Å². The molecule has 1 amide bonds. The van der Waals surface area contributed by atoms with E-state index in [9.17, 15) is 4.79 Å². The molecule has 0 heterocycles. The molecule has 0 aromatic carbocycles. The Balaban J connectivity index is 2.01. The Morgan fingerprint density at radius 3 is 2.56 bits per heavy atom. The third-order valence-electron chi connectivity index (χ3n) is 3.39. The first-order valence-electron chi connectivity index (χ1n) is 6.06. The van der Waals surface area contributed by atoms with Gasteiger partial charge in [0.25, 0.3) is 0 Å². The lowest BCUT2D eigenvalue weighted by Crippen LogP contribution is -2.43. The molecule has 0 saturated heterocycles. The average molecular weight is 244 g/mol. The van der Waals surface area contributed by atoms with Crippen molar-refractivity contribution < 1.29 is 4.79 Å². The number of nitrogens with zero attached hydrogens (tertiary/aromatic N) is 1. The Morgan fingerprint density at radius 2 is 2.12 bits per heavy atom. The molecule has 1 aliphatic rings. The maximum absolute atomic E-state index is 11.3. The van der Waals surface area contributed by atoms with Crippen LogP contribution >= 0.6 is 11.8 Å². The third-order valence-corrected chi connectivity index (χ3v) is 4.81. The zero-order valence-corrected chi connectivity index (χ0v) is 11.5. The van der Waals surface area contributed by atoms with Gasteiger partial charge in [0.2, 0.25) is 5.91 Å². The van der Waals surface area contributed by atoms with Crippen molar-refractivity contribution in [2.45, 2.75) is 36.9 Å². The minimum Gasteiger partial charge on any atom is -0.349 e. The van der Waals surface area contributed by atoms with E-state index >= 15 is 0 Å². The molecule has 94 valence electrons. The Morgan fingerprint density at radius 1 is 1.44 bits per heavy atom. The van der Waals surface area contributed by atoms with Gasteiger partial charge in [0.1, 0.15) is 0 Å². The van der Waals surface area contributed by atoms with E-state index < -0.39 is 0 Å². The van der Waals surface area contributed by atoms with Crippen molar-refractivity contribution >= 4 is 17.7 Å². The summed E-state index contributed by atoms with van der Waals surface area (Å²) in [7, 11) is 3.62. The zero-order valence-electron chi connectivity index (χ0n) is 10.7. The summed E-state index contributed by atoms with van der Waals surface area (Å²) in [6.07, 6.45) is 7.88. The van der Waals surface area contributed by atoms with Gasteiger partial charge in [-0.05, 0) is 32.1 Å². The average Bonchev–Trinajstić information content (AvgIpc) is 2.20. The summed E-state index contributed by atoms with van der Waals surface area (Å²) in [5, 5.41) is 3.48. The van der Waals surface area contributed by atoms with Crippen molar-refractivity contribution in [3.8, 4) is 0 Å². The molecule has 1 rings (SSSR count). The highest BCUT2D eigenvalue weighted by Crippen LogP contribution is 2.42. The molecule has 1 aliphatic carbocycles. The first-order chi connectivity index (χ1) is 7.59. The first-order valence-corrected chi connectivity index (χ1v) is 7.28. The van der Waals surface area contributed by atoms with Crippen LogP contribution in [0.3, 0.4) is 0 Å². The van der Waals surface area contributed by atoms with Crippen LogP contribution in [0.5, 0.6) is 0 Å². The molecule has 1 N–H and O–H groups in total. The Hall–Kier alpha value is -0.220. The number of thioether (sulfide) groups is 1. The van der Waals surface area contributed by atoms with Gasteiger partial charge >= 0.3 is 0 Å². The van der Waals surface area contributed by atoms with Crippen LogP contribution in [0.1, 0.15) is 32.1 Å². The van der Waals surface area contributed by atoms with Gasteiger partial charge in [-0.15, -0.1) is 0 Å². The van der Waals surface area contributed by atoms with Crippen LogP contribution in [0.4, 0.5) is 0 Å². The number of carbonyl (C=O) groups excluding carboxylic acids is 1. The maximum Gasteiger partial charge on any atom is 0.222 e. The summed E-state index contributed by atoms with van der Waals surface area (Å²) in [6.45, 7) is 2.06. The number of nitrogens with one attached hydrogen (secondary N) is 1. The molecule has 0 atom stereocenters. The van der Waals surface area contributed by atoms with Gasteiger partial charge in [-0.1, -0.05) is 6.42 Å². The molecule has 0 bridgehead atoms. The number of amides is 1. The van der Waals surface area contributed by atoms with Crippen LogP contribution in [0.2, 0.25) is 0 Å². The SMILES string of the molecule is CSC1(CNCCCC(=O)N(C)C)CCC1. The highest BCUT2D eigenvalue weighted by molar-refractivity contribution is 8.00. The minimum atomic E-state index is 0.227. The van der Waals surface area contributed by atoms with E-state index in [2.05, 4.69) is 11.6 Å². The second kappa shape index (κ2) is 6.50. The van der Waals surface area contributed by atoms with Crippen molar-refractivity contribution in [3.63, 3.8) is 0 Å². The summed E-state index contributed by atoms with van der Waals surface area (Å²) < 4.78 is 0.506. The largest absolute Gasteiger partial charge is 0.349 e. The fourth-order valence-electron chi connectivity index (χ4n) is 1.93. The molecule has 0 radical (unpaired) electrons. The van der Waals surface area contributed by atoms with Gasteiger partial charge in [-0.25, -0.2) is 0 Å². The molecule has 0 aromatic heterocycles. The lowest BCUT2D eigenvalue weighted by molar-refractivity contribution is -0.128. The van der Waals surface area contributed by atoms with Gasteiger partial charge in [0, 0.05) is 31.8 Å². The number of hydrogen-bond donors (Lipinski definition) is 1. The summed E-state index contributed by atoms with van der Waals surface area (Å²) in [4.78, 5) is 13.0. The summed E-state index contributed by atoms with van der Waals surface area (Å²) in [5.74, 6) is 0.227. The molecular weight excluding hydrogens is 220 g/mol. The van der Waals surface area contributed by atoms with Crippen molar-refractivity contribution in [2.24, 2.45) is 0 Å². The van der Waals surface area contributed by atoms with E-state index in [1.165, 1.54) is 19.3 Å². The first kappa shape index (κ1) is 13.8. The Kier molecular flexibility index (Phi) is 5.62. The monoisotopic (exact) mass is 244 g/mol. The van der Waals surface area contributed by atoms with E-state index in [0.717, 1.165) is 19.5 Å². The molecule has 16 heavy (non-hydrogen) atoms. The molecule has 3 nitrogen and oxygen atoms in total. The molecule has 0 unspecified atom stereocenters. The van der Waals surface area contributed by atoms with Crippen LogP contribution in [0.15, 0.2) is 0 Å². The number of carbonyl (C=O) groups is 1. The van der Waals surface area contributed by atoms with Crippen LogP contribution in [0, 0.1) is 0 Å². The van der Waals surface area contributed by atoms with Gasteiger partial charge in [0.15, 0.2) is 0 Å².